The molecular weight excluding hydrogens is 544 g/mol. The van der Waals surface area contributed by atoms with E-state index >= 15 is 0 Å². The van der Waals surface area contributed by atoms with Gasteiger partial charge in [-0.1, -0.05) is 158 Å². The number of benzene rings is 7. The second kappa shape index (κ2) is 10.1. The Morgan fingerprint density at radius 2 is 1.07 bits per heavy atom. The predicted molar refractivity (Wildman–Crippen MR) is 185 cm³/mol. The molecule has 0 aliphatic heterocycles. The predicted octanol–water partition coefficient (Wildman–Crippen LogP) is 10.5. The quantitative estimate of drug-likeness (QED) is 0.210. The molecule has 0 unspecified atom stereocenters. The van der Waals surface area contributed by atoms with E-state index in [9.17, 15) is 0 Å². The van der Waals surface area contributed by atoms with Crippen molar-refractivity contribution < 1.29 is 0 Å². The minimum Gasteiger partial charge on any atom is -0.228 e. The van der Waals surface area contributed by atoms with E-state index in [1.54, 1.807) is 0 Å². The lowest BCUT2D eigenvalue weighted by Crippen LogP contribution is -2.28. The number of nitrogens with zero attached hydrogens (tertiary/aromatic N) is 2. The third kappa shape index (κ3) is 3.82. The zero-order valence-electron chi connectivity index (χ0n) is 24.6. The van der Waals surface area contributed by atoms with Crippen LogP contribution in [-0.4, -0.2) is 9.97 Å². The van der Waals surface area contributed by atoms with Gasteiger partial charge in [0.1, 0.15) is 0 Å². The van der Waals surface area contributed by atoms with E-state index in [2.05, 4.69) is 158 Å². The van der Waals surface area contributed by atoms with Crippen LogP contribution in [0.4, 0.5) is 0 Å². The van der Waals surface area contributed by atoms with Gasteiger partial charge in [-0.25, -0.2) is 9.97 Å². The van der Waals surface area contributed by atoms with E-state index in [1.165, 1.54) is 44.2 Å². The van der Waals surface area contributed by atoms with Gasteiger partial charge in [-0.2, -0.15) is 0 Å². The molecule has 0 amide bonds. The third-order valence-electron chi connectivity index (χ3n) is 9.35. The molecule has 0 bridgehead atoms. The maximum Gasteiger partial charge on any atom is 0.160 e. The lowest BCUT2D eigenvalue weighted by molar-refractivity contribution is 0.769. The fourth-order valence-electron chi connectivity index (χ4n) is 7.43. The van der Waals surface area contributed by atoms with Crippen molar-refractivity contribution in [1.29, 1.82) is 0 Å². The lowest BCUT2D eigenvalue weighted by atomic mass is 9.67. The second-order valence-electron chi connectivity index (χ2n) is 11.7. The molecule has 2 nitrogen and oxygen atoms in total. The van der Waals surface area contributed by atoms with Crippen LogP contribution in [-0.2, 0) is 5.41 Å². The van der Waals surface area contributed by atoms with Crippen LogP contribution >= 0.6 is 0 Å². The molecule has 0 saturated heterocycles. The first kappa shape index (κ1) is 25.6. The number of aromatic nitrogens is 2. The summed E-state index contributed by atoms with van der Waals surface area (Å²) in [5, 5.41) is 3.47. The summed E-state index contributed by atoms with van der Waals surface area (Å²) in [7, 11) is 0. The molecule has 2 heteroatoms. The topological polar surface area (TPSA) is 25.8 Å². The monoisotopic (exact) mass is 572 g/mol. The van der Waals surface area contributed by atoms with Gasteiger partial charge in [0.2, 0.25) is 0 Å². The van der Waals surface area contributed by atoms with Gasteiger partial charge in [0.15, 0.2) is 5.82 Å². The Morgan fingerprint density at radius 1 is 0.422 bits per heavy atom. The molecule has 9 rings (SSSR count). The molecule has 0 fully saturated rings. The summed E-state index contributed by atoms with van der Waals surface area (Å²) in [5.74, 6) is 0.735. The summed E-state index contributed by atoms with van der Waals surface area (Å²) >= 11 is 0. The Balaban J connectivity index is 1.29. The normalized spacial score (nSPS) is 13.1. The first-order chi connectivity index (χ1) is 22.3. The molecular formula is C43H28N2. The van der Waals surface area contributed by atoms with Gasteiger partial charge < -0.3 is 0 Å². The molecule has 1 heterocycles. The van der Waals surface area contributed by atoms with Crippen LogP contribution in [0.2, 0.25) is 0 Å². The number of rotatable bonds is 4. The molecule has 0 saturated carbocycles. The maximum atomic E-state index is 5.15. The molecule has 210 valence electrons. The third-order valence-corrected chi connectivity index (χ3v) is 9.35. The van der Waals surface area contributed by atoms with Gasteiger partial charge in [0, 0.05) is 16.5 Å². The minimum absolute atomic E-state index is 0.409. The summed E-state index contributed by atoms with van der Waals surface area (Å²) in [5.41, 5.74) is 11.3. The molecule has 8 aromatic rings. The van der Waals surface area contributed by atoms with Crippen LogP contribution in [0, 0.1) is 0 Å². The van der Waals surface area contributed by atoms with E-state index in [0.29, 0.717) is 0 Å². The number of fused-ring (bicyclic) bond motifs is 6. The Kier molecular flexibility index (Phi) is 5.76. The molecule has 0 N–H and O–H groups in total. The molecule has 0 spiro atoms. The second-order valence-corrected chi connectivity index (χ2v) is 11.7. The largest absolute Gasteiger partial charge is 0.228 e. The standard InChI is InChI=1S/C43H28N2/c1-4-14-29(15-5-1)41-36-21-11-13-23-39(36)44-42(45-41)31-24-26-34-30(28-31)25-27-38-40(34)35-20-10-12-22-37(35)43(38,32-16-6-2-7-17-32)33-18-8-3-9-19-33/h1-28H. The maximum absolute atomic E-state index is 5.15. The van der Waals surface area contributed by atoms with Crippen molar-refractivity contribution in [3.63, 3.8) is 0 Å². The Hall–Kier alpha value is -5.86. The highest BCUT2D eigenvalue weighted by atomic mass is 14.9. The molecule has 1 aliphatic rings. The van der Waals surface area contributed by atoms with E-state index < -0.39 is 5.41 Å². The zero-order valence-corrected chi connectivity index (χ0v) is 24.6. The smallest absolute Gasteiger partial charge is 0.160 e. The fraction of sp³-hybridized carbons (Fsp3) is 0.0233. The SMILES string of the molecule is c1ccc(-c2nc(-c3ccc4c5c(ccc4c3)C(c3ccccc3)(c3ccccc3)c3ccccc3-5)nc3ccccc23)cc1. The van der Waals surface area contributed by atoms with E-state index in [0.717, 1.165) is 33.5 Å². The highest BCUT2D eigenvalue weighted by Gasteiger charge is 2.46. The first-order valence-electron chi connectivity index (χ1n) is 15.4. The number of hydrogen-bond donors (Lipinski definition) is 0. The molecule has 45 heavy (non-hydrogen) atoms. The summed E-state index contributed by atoms with van der Waals surface area (Å²) in [4.78, 5) is 10.2. The van der Waals surface area contributed by atoms with Crippen LogP contribution in [0.15, 0.2) is 170 Å². The summed E-state index contributed by atoms with van der Waals surface area (Å²) in [6.45, 7) is 0. The van der Waals surface area contributed by atoms with Gasteiger partial charge in [-0.3, -0.25) is 0 Å². The van der Waals surface area contributed by atoms with Crippen LogP contribution in [0.3, 0.4) is 0 Å². The van der Waals surface area contributed by atoms with Crippen LogP contribution in [0.25, 0.3) is 55.4 Å². The van der Waals surface area contributed by atoms with Gasteiger partial charge in [-0.05, 0) is 56.3 Å². The van der Waals surface area contributed by atoms with Gasteiger partial charge >= 0.3 is 0 Å². The number of hydrogen-bond acceptors (Lipinski definition) is 2. The van der Waals surface area contributed by atoms with Crippen molar-refractivity contribution >= 4 is 21.7 Å². The molecule has 0 atom stereocenters. The summed E-state index contributed by atoms with van der Waals surface area (Å²) in [6, 6.07) is 60.8. The van der Waals surface area contributed by atoms with Gasteiger partial charge in [-0.15, -0.1) is 0 Å². The van der Waals surface area contributed by atoms with Crippen molar-refractivity contribution in [2.75, 3.05) is 0 Å². The average Bonchev–Trinajstić information content (AvgIpc) is 3.43. The van der Waals surface area contributed by atoms with Crippen molar-refractivity contribution in [3.05, 3.63) is 192 Å². The van der Waals surface area contributed by atoms with Crippen molar-refractivity contribution in [2.24, 2.45) is 0 Å². The molecule has 7 aromatic carbocycles. The van der Waals surface area contributed by atoms with E-state index in [-0.39, 0.29) is 0 Å². The average molecular weight is 573 g/mol. The summed E-state index contributed by atoms with van der Waals surface area (Å²) in [6.07, 6.45) is 0. The minimum atomic E-state index is -0.409. The highest BCUT2D eigenvalue weighted by Crippen LogP contribution is 2.57. The van der Waals surface area contributed by atoms with Crippen molar-refractivity contribution in [3.8, 4) is 33.8 Å². The van der Waals surface area contributed by atoms with Crippen molar-refractivity contribution in [2.45, 2.75) is 5.41 Å². The summed E-state index contributed by atoms with van der Waals surface area (Å²) < 4.78 is 0. The van der Waals surface area contributed by atoms with Crippen LogP contribution < -0.4 is 0 Å². The number of para-hydroxylation sites is 1. The molecule has 1 aromatic heterocycles. The molecule has 1 aliphatic carbocycles. The van der Waals surface area contributed by atoms with Gasteiger partial charge in [0.25, 0.3) is 0 Å². The van der Waals surface area contributed by atoms with E-state index in [4.69, 9.17) is 9.97 Å². The van der Waals surface area contributed by atoms with Crippen molar-refractivity contribution in [1.82, 2.24) is 9.97 Å². The highest BCUT2D eigenvalue weighted by molar-refractivity contribution is 6.05. The van der Waals surface area contributed by atoms with Crippen LogP contribution in [0.1, 0.15) is 22.3 Å². The first-order valence-corrected chi connectivity index (χ1v) is 15.4. The Labute approximate surface area is 262 Å². The Morgan fingerprint density at radius 3 is 1.82 bits per heavy atom. The zero-order chi connectivity index (χ0) is 29.8. The van der Waals surface area contributed by atoms with Crippen LogP contribution in [0.5, 0.6) is 0 Å². The Bertz CT molecular complexity index is 2320. The molecule has 0 radical (unpaired) electrons. The lowest BCUT2D eigenvalue weighted by Gasteiger charge is -2.33. The van der Waals surface area contributed by atoms with Gasteiger partial charge in [0.05, 0.1) is 16.6 Å². The fourth-order valence-corrected chi connectivity index (χ4v) is 7.43. The van der Waals surface area contributed by atoms with E-state index in [1.807, 2.05) is 12.1 Å².